The number of aromatic nitrogens is 2. The maximum atomic E-state index is 9.03. The Balaban J connectivity index is 2.33. The smallest absolute Gasteiger partial charge is 0.226 e. The summed E-state index contributed by atoms with van der Waals surface area (Å²) in [5.41, 5.74) is 5.94. The molecular formula is C11H15N7. The van der Waals surface area contributed by atoms with E-state index in [4.69, 9.17) is 11.0 Å². The molecule has 0 unspecified atom stereocenters. The van der Waals surface area contributed by atoms with Crippen LogP contribution in [0.2, 0.25) is 0 Å². The zero-order chi connectivity index (χ0) is 13.1. The predicted octanol–water partition coefficient (Wildman–Crippen LogP) is 0.726. The molecule has 1 fully saturated rings. The first-order valence-electron chi connectivity index (χ1n) is 5.65. The Hall–Kier alpha value is -2.36. The molecule has 18 heavy (non-hydrogen) atoms. The molecule has 7 heteroatoms. The summed E-state index contributed by atoms with van der Waals surface area (Å²) >= 11 is 0. The van der Waals surface area contributed by atoms with Gasteiger partial charge in [-0.1, -0.05) is 0 Å². The SMILES string of the molecule is CN(C)C=Nc1nc(NC2CC2)nc(N)c1C#N. The van der Waals surface area contributed by atoms with E-state index in [1.54, 1.807) is 11.2 Å². The number of nitrogen functional groups attached to an aromatic ring is 1. The third kappa shape index (κ3) is 2.85. The highest BCUT2D eigenvalue weighted by atomic mass is 15.2. The van der Waals surface area contributed by atoms with Crippen LogP contribution in [0.1, 0.15) is 18.4 Å². The lowest BCUT2D eigenvalue weighted by Gasteiger charge is -2.07. The minimum atomic E-state index is 0.154. The fourth-order valence-electron chi connectivity index (χ4n) is 1.31. The summed E-state index contributed by atoms with van der Waals surface area (Å²) in [6.45, 7) is 0. The molecule has 7 nitrogen and oxygen atoms in total. The van der Waals surface area contributed by atoms with Gasteiger partial charge in [-0.25, -0.2) is 4.99 Å². The van der Waals surface area contributed by atoms with Crippen LogP contribution in [0.4, 0.5) is 17.6 Å². The van der Waals surface area contributed by atoms with Crippen LogP contribution in [0.15, 0.2) is 4.99 Å². The van der Waals surface area contributed by atoms with Crippen LogP contribution < -0.4 is 11.1 Å². The summed E-state index contributed by atoms with van der Waals surface area (Å²) in [5.74, 6) is 0.878. The number of nitriles is 1. The maximum absolute atomic E-state index is 9.03. The first-order chi connectivity index (χ1) is 8.60. The van der Waals surface area contributed by atoms with Gasteiger partial charge in [0.1, 0.15) is 17.5 Å². The van der Waals surface area contributed by atoms with E-state index in [1.165, 1.54) is 0 Å². The average molecular weight is 245 g/mol. The van der Waals surface area contributed by atoms with E-state index in [-0.39, 0.29) is 11.4 Å². The molecule has 1 aliphatic carbocycles. The first-order valence-corrected chi connectivity index (χ1v) is 5.65. The third-order valence-corrected chi connectivity index (χ3v) is 2.35. The fourth-order valence-corrected chi connectivity index (χ4v) is 1.31. The molecule has 1 aromatic rings. The summed E-state index contributed by atoms with van der Waals surface area (Å²) in [6.07, 6.45) is 3.79. The zero-order valence-corrected chi connectivity index (χ0v) is 10.4. The summed E-state index contributed by atoms with van der Waals surface area (Å²) in [5, 5.41) is 12.2. The van der Waals surface area contributed by atoms with Gasteiger partial charge in [0.25, 0.3) is 0 Å². The van der Waals surface area contributed by atoms with E-state index in [0.717, 1.165) is 12.8 Å². The Morgan fingerprint density at radius 2 is 2.22 bits per heavy atom. The molecule has 0 amide bonds. The quantitative estimate of drug-likeness (QED) is 0.598. The normalized spacial score (nSPS) is 14.5. The lowest BCUT2D eigenvalue weighted by atomic mass is 10.3. The first kappa shape index (κ1) is 12.1. The van der Waals surface area contributed by atoms with Gasteiger partial charge in [0, 0.05) is 20.1 Å². The summed E-state index contributed by atoms with van der Waals surface area (Å²) in [4.78, 5) is 14.2. The van der Waals surface area contributed by atoms with Gasteiger partial charge in [0.2, 0.25) is 5.95 Å². The van der Waals surface area contributed by atoms with Crippen LogP contribution in [0.25, 0.3) is 0 Å². The number of nitrogens with one attached hydrogen (secondary N) is 1. The molecule has 0 aromatic carbocycles. The molecule has 0 radical (unpaired) electrons. The van der Waals surface area contributed by atoms with Gasteiger partial charge in [-0.15, -0.1) is 0 Å². The lowest BCUT2D eigenvalue weighted by molar-refractivity contribution is 0.643. The van der Waals surface area contributed by atoms with Crippen molar-refractivity contribution < 1.29 is 0 Å². The second kappa shape index (κ2) is 4.87. The van der Waals surface area contributed by atoms with Crippen molar-refractivity contribution in [1.82, 2.24) is 14.9 Å². The summed E-state index contributed by atoms with van der Waals surface area (Å²) < 4.78 is 0. The Morgan fingerprint density at radius 3 is 2.78 bits per heavy atom. The van der Waals surface area contributed by atoms with E-state index in [1.807, 2.05) is 20.2 Å². The second-order valence-corrected chi connectivity index (χ2v) is 4.37. The number of hydrogen-bond donors (Lipinski definition) is 2. The minimum absolute atomic E-state index is 0.154. The Kier molecular flexibility index (Phi) is 3.28. The molecule has 0 atom stereocenters. The predicted molar refractivity (Wildman–Crippen MR) is 69.6 cm³/mol. The topological polar surface area (TPSA) is 103 Å². The summed E-state index contributed by atoms with van der Waals surface area (Å²) in [7, 11) is 3.67. The monoisotopic (exact) mass is 245 g/mol. The van der Waals surface area contributed by atoms with Crippen molar-refractivity contribution in [3.05, 3.63) is 5.56 Å². The van der Waals surface area contributed by atoms with E-state index in [2.05, 4.69) is 20.3 Å². The third-order valence-electron chi connectivity index (χ3n) is 2.35. The van der Waals surface area contributed by atoms with Crippen LogP contribution in [0.5, 0.6) is 0 Å². The number of hydrogen-bond acceptors (Lipinski definition) is 6. The van der Waals surface area contributed by atoms with Crippen molar-refractivity contribution in [1.29, 1.82) is 5.26 Å². The molecule has 0 aliphatic heterocycles. The average Bonchev–Trinajstić information content (AvgIpc) is 3.09. The molecule has 0 spiro atoms. The molecule has 1 aromatic heterocycles. The minimum Gasteiger partial charge on any atom is -0.382 e. The zero-order valence-electron chi connectivity index (χ0n) is 10.4. The van der Waals surface area contributed by atoms with Crippen molar-refractivity contribution in [3.63, 3.8) is 0 Å². The maximum Gasteiger partial charge on any atom is 0.226 e. The Bertz CT molecular complexity index is 511. The van der Waals surface area contributed by atoms with Crippen LogP contribution in [0.3, 0.4) is 0 Å². The molecule has 1 saturated carbocycles. The van der Waals surface area contributed by atoms with Gasteiger partial charge >= 0.3 is 0 Å². The van der Waals surface area contributed by atoms with Crippen LogP contribution in [-0.4, -0.2) is 41.3 Å². The highest BCUT2D eigenvalue weighted by Crippen LogP contribution is 2.26. The number of aliphatic imine (C=N–C) groups is 1. The number of nitrogens with two attached hydrogens (primary N) is 1. The second-order valence-electron chi connectivity index (χ2n) is 4.37. The Morgan fingerprint density at radius 1 is 1.50 bits per heavy atom. The van der Waals surface area contributed by atoms with Crippen LogP contribution in [0, 0.1) is 11.3 Å². The largest absolute Gasteiger partial charge is 0.382 e. The van der Waals surface area contributed by atoms with Gasteiger partial charge in [0.05, 0.1) is 6.34 Å². The number of anilines is 2. The number of rotatable bonds is 4. The van der Waals surface area contributed by atoms with E-state index >= 15 is 0 Å². The number of nitrogens with zero attached hydrogens (tertiary/aromatic N) is 5. The van der Waals surface area contributed by atoms with Crippen molar-refractivity contribution in [2.45, 2.75) is 18.9 Å². The van der Waals surface area contributed by atoms with Gasteiger partial charge in [-0.3, -0.25) is 0 Å². The van der Waals surface area contributed by atoms with Crippen molar-refractivity contribution in [2.24, 2.45) is 4.99 Å². The highest BCUT2D eigenvalue weighted by Gasteiger charge is 2.23. The van der Waals surface area contributed by atoms with Gasteiger partial charge in [0.15, 0.2) is 5.82 Å². The molecule has 94 valence electrons. The summed E-state index contributed by atoms with van der Waals surface area (Å²) in [6, 6.07) is 2.39. The van der Waals surface area contributed by atoms with Crippen molar-refractivity contribution in [3.8, 4) is 6.07 Å². The van der Waals surface area contributed by atoms with Gasteiger partial charge < -0.3 is 16.0 Å². The molecule has 3 N–H and O–H groups in total. The molecule has 0 bridgehead atoms. The van der Waals surface area contributed by atoms with E-state index in [0.29, 0.717) is 17.8 Å². The van der Waals surface area contributed by atoms with Crippen LogP contribution in [-0.2, 0) is 0 Å². The van der Waals surface area contributed by atoms with E-state index in [9.17, 15) is 0 Å². The van der Waals surface area contributed by atoms with Crippen molar-refractivity contribution in [2.75, 3.05) is 25.1 Å². The van der Waals surface area contributed by atoms with Crippen molar-refractivity contribution >= 4 is 23.9 Å². The molecular weight excluding hydrogens is 230 g/mol. The lowest BCUT2D eigenvalue weighted by Crippen LogP contribution is -2.10. The molecule has 1 aliphatic rings. The Labute approximate surface area is 105 Å². The molecule has 0 saturated heterocycles. The fraction of sp³-hybridized carbons (Fsp3) is 0.455. The van der Waals surface area contributed by atoms with Gasteiger partial charge in [-0.05, 0) is 12.8 Å². The van der Waals surface area contributed by atoms with E-state index < -0.39 is 0 Å². The standard InChI is InChI=1S/C11H15N7/c1-18(2)6-14-10-8(5-12)9(13)16-11(17-10)15-7-3-4-7/h6-7H,3-4H2,1-2H3,(H3,13,15,16,17). The molecule has 1 heterocycles. The highest BCUT2D eigenvalue weighted by molar-refractivity contribution is 5.68. The van der Waals surface area contributed by atoms with Crippen LogP contribution >= 0.6 is 0 Å². The van der Waals surface area contributed by atoms with Gasteiger partial charge in [-0.2, -0.15) is 15.2 Å². The molecule has 2 rings (SSSR count).